The van der Waals surface area contributed by atoms with Crippen molar-refractivity contribution in [1.29, 1.82) is 0 Å². The predicted molar refractivity (Wildman–Crippen MR) is 64.2 cm³/mol. The number of rotatable bonds is 0. The van der Waals surface area contributed by atoms with Gasteiger partial charge in [-0.2, -0.15) is 0 Å². The first-order valence-electron chi connectivity index (χ1n) is 6.45. The third-order valence-corrected chi connectivity index (χ3v) is 4.03. The van der Waals surface area contributed by atoms with Crippen molar-refractivity contribution in [2.45, 2.75) is 25.7 Å². The van der Waals surface area contributed by atoms with Crippen molar-refractivity contribution in [3.8, 4) is 11.5 Å². The van der Waals surface area contributed by atoms with Gasteiger partial charge in [0.2, 0.25) is 6.79 Å². The van der Waals surface area contributed by atoms with Gasteiger partial charge in [-0.3, -0.25) is 0 Å². The second-order valence-corrected chi connectivity index (χ2v) is 5.00. The summed E-state index contributed by atoms with van der Waals surface area (Å²) in [4.78, 5) is 0. The Morgan fingerprint density at radius 2 is 1.82 bits per heavy atom. The summed E-state index contributed by atoms with van der Waals surface area (Å²) in [6.45, 7) is 2.77. The number of nitrogens with zero attached hydrogens (tertiary/aromatic N) is 1. The summed E-state index contributed by atoms with van der Waals surface area (Å²) < 4.78 is 13.5. The molecule has 17 heavy (non-hydrogen) atoms. The van der Waals surface area contributed by atoms with Crippen LogP contribution in [-0.2, 0) is 6.42 Å². The van der Waals surface area contributed by atoms with Crippen molar-refractivity contribution in [3.63, 3.8) is 0 Å². The molecule has 3 aliphatic rings. The van der Waals surface area contributed by atoms with E-state index in [1.165, 1.54) is 49.2 Å². The summed E-state index contributed by atoms with van der Waals surface area (Å²) >= 11 is 0. The minimum atomic E-state index is 0.372. The molecule has 0 aromatic heterocycles. The van der Waals surface area contributed by atoms with Crippen molar-refractivity contribution < 1.29 is 14.0 Å². The molecular weight excluding hydrogens is 214 g/mol. The largest absolute Gasteiger partial charge is 0.454 e. The number of ether oxygens (including phenoxy) is 2. The Labute approximate surface area is 101 Å². The van der Waals surface area contributed by atoms with Crippen LogP contribution in [0.3, 0.4) is 0 Å². The number of hydrogen-bond donors (Lipinski definition) is 0. The quantitative estimate of drug-likeness (QED) is 0.635. The molecule has 0 atom stereocenters. The third kappa shape index (κ3) is 1.38. The predicted octanol–water partition coefficient (Wildman–Crippen LogP) is 1.96. The molecule has 3 heterocycles. The Hall–Kier alpha value is -1.51. The fraction of sp³-hybridized carbons (Fsp3) is 0.500. The van der Waals surface area contributed by atoms with Gasteiger partial charge in [-0.1, -0.05) is 0 Å². The smallest absolute Gasteiger partial charge is 0.231 e. The van der Waals surface area contributed by atoms with Crippen LogP contribution in [0.2, 0.25) is 0 Å². The highest BCUT2D eigenvalue weighted by atomic mass is 16.7. The zero-order valence-corrected chi connectivity index (χ0v) is 9.87. The highest BCUT2D eigenvalue weighted by Crippen LogP contribution is 2.37. The molecule has 88 valence electrons. The van der Waals surface area contributed by atoms with Gasteiger partial charge in [0.1, 0.15) is 13.1 Å². The van der Waals surface area contributed by atoms with Gasteiger partial charge in [0, 0.05) is 24.8 Å². The first kappa shape index (κ1) is 9.51. The maximum Gasteiger partial charge on any atom is 0.231 e. The molecule has 3 nitrogen and oxygen atoms in total. The van der Waals surface area contributed by atoms with Gasteiger partial charge in [0.15, 0.2) is 17.2 Å². The summed E-state index contributed by atoms with van der Waals surface area (Å²) in [6.07, 6.45) is 5.01. The van der Waals surface area contributed by atoms with Crippen molar-refractivity contribution in [3.05, 3.63) is 23.3 Å². The molecular formula is C14H16NO2+. The van der Waals surface area contributed by atoms with Gasteiger partial charge >= 0.3 is 0 Å². The van der Waals surface area contributed by atoms with Gasteiger partial charge in [-0.25, -0.2) is 4.58 Å². The molecule has 0 saturated carbocycles. The lowest BCUT2D eigenvalue weighted by atomic mass is 9.91. The third-order valence-electron chi connectivity index (χ3n) is 4.03. The highest BCUT2D eigenvalue weighted by Gasteiger charge is 2.30. The molecule has 0 amide bonds. The van der Waals surface area contributed by atoms with Gasteiger partial charge < -0.3 is 9.47 Å². The molecule has 0 N–H and O–H groups in total. The van der Waals surface area contributed by atoms with Gasteiger partial charge in [0.25, 0.3) is 0 Å². The van der Waals surface area contributed by atoms with E-state index in [-0.39, 0.29) is 0 Å². The summed E-state index contributed by atoms with van der Waals surface area (Å²) in [5, 5.41) is 0. The molecule has 0 unspecified atom stereocenters. The Bertz CT molecular complexity index is 519. The van der Waals surface area contributed by atoms with E-state index in [2.05, 4.69) is 16.7 Å². The van der Waals surface area contributed by atoms with Crippen molar-refractivity contribution in [2.24, 2.45) is 0 Å². The molecule has 1 aromatic carbocycles. The van der Waals surface area contributed by atoms with Crippen LogP contribution in [0.1, 0.15) is 30.4 Å². The lowest BCUT2D eigenvalue weighted by Gasteiger charge is -2.22. The second kappa shape index (κ2) is 3.49. The molecule has 0 spiro atoms. The second-order valence-electron chi connectivity index (χ2n) is 5.00. The number of fused-ring (bicyclic) bond motifs is 3. The van der Waals surface area contributed by atoms with E-state index < -0.39 is 0 Å². The molecule has 0 saturated heterocycles. The van der Waals surface area contributed by atoms with Gasteiger partial charge in [0.05, 0.1) is 0 Å². The minimum absolute atomic E-state index is 0.372. The van der Waals surface area contributed by atoms with E-state index in [1.54, 1.807) is 0 Å². The van der Waals surface area contributed by atoms with Crippen molar-refractivity contribution in [2.75, 3.05) is 19.9 Å². The Balaban J connectivity index is 1.88. The summed E-state index contributed by atoms with van der Waals surface area (Å²) in [6, 6.07) is 4.36. The van der Waals surface area contributed by atoms with Crippen LogP contribution in [0.25, 0.3) is 0 Å². The van der Waals surface area contributed by atoms with Gasteiger partial charge in [-0.15, -0.1) is 0 Å². The normalized spacial score (nSPS) is 21.2. The first-order valence-corrected chi connectivity index (χ1v) is 6.45. The molecule has 4 rings (SSSR count). The molecule has 0 bridgehead atoms. The van der Waals surface area contributed by atoms with Crippen molar-refractivity contribution >= 4 is 5.71 Å². The maximum atomic E-state index is 5.49. The first-order chi connectivity index (χ1) is 8.42. The Kier molecular flexibility index (Phi) is 1.95. The van der Waals surface area contributed by atoms with Gasteiger partial charge in [-0.05, 0) is 24.1 Å². The number of hydrogen-bond acceptors (Lipinski definition) is 2. The van der Waals surface area contributed by atoms with E-state index in [4.69, 9.17) is 9.47 Å². The van der Waals surface area contributed by atoms with E-state index in [0.717, 1.165) is 17.9 Å². The van der Waals surface area contributed by atoms with E-state index in [0.29, 0.717) is 6.79 Å². The van der Waals surface area contributed by atoms with E-state index in [1.807, 2.05) is 0 Å². The standard InChI is InChI=1S/C14H16NO2/c1-2-5-15-6-4-10-7-13-14(17-9-16-13)8-11(10)12(15)3-1/h7-8H,1-6,9H2/q+1. The van der Waals surface area contributed by atoms with Crippen LogP contribution in [0.4, 0.5) is 0 Å². The summed E-state index contributed by atoms with van der Waals surface area (Å²) in [5.41, 5.74) is 4.36. The molecule has 0 radical (unpaired) electrons. The fourth-order valence-corrected chi connectivity index (χ4v) is 3.15. The van der Waals surface area contributed by atoms with Crippen LogP contribution in [0, 0.1) is 0 Å². The van der Waals surface area contributed by atoms with Crippen LogP contribution in [0.5, 0.6) is 11.5 Å². The number of benzene rings is 1. The molecule has 3 heteroatoms. The molecule has 0 fully saturated rings. The zero-order valence-electron chi connectivity index (χ0n) is 9.87. The minimum Gasteiger partial charge on any atom is -0.454 e. The topological polar surface area (TPSA) is 21.5 Å². The summed E-state index contributed by atoms with van der Waals surface area (Å²) in [5.74, 6) is 1.84. The average Bonchev–Trinajstić information content (AvgIpc) is 2.83. The zero-order chi connectivity index (χ0) is 11.2. The lowest BCUT2D eigenvalue weighted by molar-refractivity contribution is -0.533. The SMILES string of the molecule is c1c2c(cc3c1OCO3)C1=[N+](CCCC1)CC2. The maximum absolute atomic E-state index is 5.49. The summed E-state index contributed by atoms with van der Waals surface area (Å²) in [7, 11) is 0. The average molecular weight is 230 g/mol. The monoisotopic (exact) mass is 230 g/mol. The van der Waals surface area contributed by atoms with Crippen LogP contribution in [0.15, 0.2) is 12.1 Å². The van der Waals surface area contributed by atoms with Crippen LogP contribution in [-0.4, -0.2) is 30.2 Å². The molecule has 0 aliphatic carbocycles. The van der Waals surface area contributed by atoms with Crippen molar-refractivity contribution in [1.82, 2.24) is 0 Å². The van der Waals surface area contributed by atoms with Crippen LogP contribution < -0.4 is 9.47 Å². The highest BCUT2D eigenvalue weighted by molar-refractivity contribution is 5.99. The van der Waals surface area contributed by atoms with E-state index >= 15 is 0 Å². The molecule has 3 aliphatic heterocycles. The van der Waals surface area contributed by atoms with E-state index in [9.17, 15) is 0 Å². The Morgan fingerprint density at radius 1 is 0.941 bits per heavy atom. The molecule has 1 aromatic rings. The Morgan fingerprint density at radius 3 is 2.76 bits per heavy atom. The fourth-order valence-electron chi connectivity index (χ4n) is 3.15. The van der Waals surface area contributed by atoms with Crippen LogP contribution >= 0.6 is 0 Å². The lowest BCUT2D eigenvalue weighted by Crippen LogP contribution is -2.33.